The van der Waals surface area contributed by atoms with Crippen LogP contribution in [0.5, 0.6) is 0 Å². The third-order valence-corrected chi connectivity index (χ3v) is 4.15. The molecule has 2 bridgehead atoms. The average molecular weight is 368 g/mol. The van der Waals surface area contributed by atoms with Crippen molar-refractivity contribution in [1.82, 2.24) is 15.5 Å². The molecule has 0 aromatic heterocycles. The van der Waals surface area contributed by atoms with Gasteiger partial charge in [-0.1, -0.05) is 0 Å². The van der Waals surface area contributed by atoms with Crippen LogP contribution < -0.4 is 10.6 Å². The summed E-state index contributed by atoms with van der Waals surface area (Å²) in [4.78, 5) is 25.1. The first-order valence-corrected chi connectivity index (χ1v) is 8.42. The lowest BCUT2D eigenvalue weighted by atomic mass is 10.1. The van der Waals surface area contributed by atoms with Crippen molar-refractivity contribution in [1.29, 1.82) is 0 Å². The average Bonchev–Trinajstić information content (AvgIpc) is 2.82. The van der Waals surface area contributed by atoms with E-state index in [1.807, 2.05) is 13.8 Å². The van der Waals surface area contributed by atoms with E-state index in [2.05, 4.69) is 10.6 Å². The zero-order chi connectivity index (χ0) is 16.8. The van der Waals surface area contributed by atoms with E-state index in [1.54, 1.807) is 0 Å². The van der Waals surface area contributed by atoms with Gasteiger partial charge in [0.05, 0.1) is 17.9 Å². The van der Waals surface area contributed by atoms with Gasteiger partial charge in [-0.05, 0) is 13.8 Å². The second-order valence-corrected chi connectivity index (χ2v) is 6.93. The number of urea groups is 1. The highest BCUT2D eigenvalue weighted by atomic mass is 35.5. The standard InChI is InChI=1S/C12H17N3O5.CH2Cl2/c1-12(2)19-8-5-4-13-6-3-7(16)14-11(17)15(6)10(18-5)9(8)20-12;2-1-3/h5-6,8-10,13H,3-4H2,1-2H3,(H,14,16,17);1H2/t5-,6-,8-,9-,10-;/m1./s1. The van der Waals surface area contributed by atoms with Crippen molar-refractivity contribution < 1.29 is 23.8 Å². The second kappa shape index (κ2) is 6.34. The summed E-state index contributed by atoms with van der Waals surface area (Å²) in [6.07, 6.45) is -1.35. The molecule has 23 heavy (non-hydrogen) atoms. The molecule has 4 aliphatic heterocycles. The number of carbonyl (C=O) groups excluding carboxylic acids is 2. The molecular formula is C13H19Cl2N3O5. The monoisotopic (exact) mass is 367 g/mol. The molecule has 0 spiro atoms. The van der Waals surface area contributed by atoms with Crippen molar-refractivity contribution in [2.24, 2.45) is 0 Å². The van der Waals surface area contributed by atoms with Crippen molar-refractivity contribution in [3.05, 3.63) is 0 Å². The first-order valence-electron chi connectivity index (χ1n) is 7.35. The van der Waals surface area contributed by atoms with Crippen LogP contribution in [0.3, 0.4) is 0 Å². The third kappa shape index (κ3) is 3.16. The second-order valence-electron chi connectivity index (χ2n) is 6.12. The van der Waals surface area contributed by atoms with E-state index in [9.17, 15) is 9.59 Å². The van der Waals surface area contributed by atoms with E-state index < -0.39 is 18.0 Å². The fourth-order valence-electron chi connectivity index (χ4n) is 3.41. The quantitative estimate of drug-likeness (QED) is 0.607. The lowest BCUT2D eigenvalue weighted by Gasteiger charge is -2.39. The number of nitrogens with zero attached hydrogens (tertiary/aromatic N) is 1. The highest BCUT2D eigenvalue weighted by Crippen LogP contribution is 2.41. The van der Waals surface area contributed by atoms with Gasteiger partial charge in [0.15, 0.2) is 12.0 Å². The van der Waals surface area contributed by atoms with Crippen LogP contribution >= 0.6 is 23.2 Å². The van der Waals surface area contributed by atoms with Crippen molar-refractivity contribution in [2.75, 3.05) is 11.9 Å². The maximum atomic E-state index is 12.1. The van der Waals surface area contributed by atoms with E-state index in [0.717, 1.165) is 0 Å². The van der Waals surface area contributed by atoms with Gasteiger partial charge in [0.1, 0.15) is 18.3 Å². The Hall–Kier alpha value is -0.640. The van der Waals surface area contributed by atoms with Gasteiger partial charge in [0, 0.05) is 6.54 Å². The summed E-state index contributed by atoms with van der Waals surface area (Å²) in [6.45, 7) is 4.23. The van der Waals surface area contributed by atoms with Gasteiger partial charge >= 0.3 is 6.03 Å². The Morgan fingerprint density at radius 1 is 1.26 bits per heavy atom. The zero-order valence-corrected chi connectivity index (χ0v) is 14.3. The van der Waals surface area contributed by atoms with Crippen LogP contribution in [0.2, 0.25) is 0 Å². The molecule has 4 rings (SSSR count). The van der Waals surface area contributed by atoms with E-state index in [1.165, 1.54) is 4.90 Å². The van der Waals surface area contributed by atoms with Crippen molar-refractivity contribution in [3.8, 4) is 0 Å². The lowest BCUT2D eigenvalue weighted by Crippen LogP contribution is -2.65. The summed E-state index contributed by atoms with van der Waals surface area (Å²) in [5, 5.41) is 5.72. The highest BCUT2D eigenvalue weighted by Gasteiger charge is 2.60. The summed E-state index contributed by atoms with van der Waals surface area (Å²) >= 11 is 9.53. The maximum Gasteiger partial charge on any atom is 0.327 e. The Labute approximate surface area is 143 Å². The van der Waals surface area contributed by atoms with Gasteiger partial charge < -0.3 is 14.2 Å². The van der Waals surface area contributed by atoms with Crippen molar-refractivity contribution in [2.45, 2.75) is 56.8 Å². The minimum absolute atomic E-state index is 0.180. The molecule has 0 aromatic carbocycles. The Morgan fingerprint density at radius 2 is 1.91 bits per heavy atom. The third-order valence-electron chi connectivity index (χ3n) is 4.15. The number of carbonyl (C=O) groups is 2. The van der Waals surface area contributed by atoms with Gasteiger partial charge in [-0.2, -0.15) is 0 Å². The molecule has 5 atom stereocenters. The number of hydrogen-bond donors (Lipinski definition) is 2. The SMILES string of the molecule is CC1(C)O[C@@H]2[C@H](O1)[C@H]1CN[C@H]3CC(=O)NC(=O)N3[C@@H]2O1.ClCCl. The van der Waals surface area contributed by atoms with Gasteiger partial charge in [-0.3, -0.25) is 20.3 Å². The predicted octanol–water partition coefficient (Wildman–Crippen LogP) is 0.524. The molecule has 0 saturated carbocycles. The van der Waals surface area contributed by atoms with Crippen LogP contribution in [-0.4, -0.2) is 65.2 Å². The number of ether oxygens (including phenoxy) is 3. The van der Waals surface area contributed by atoms with Gasteiger partial charge in [-0.15, -0.1) is 23.2 Å². The number of fused-ring (bicyclic) bond motifs is 7. The van der Waals surface area contributed by atoms with Crippen LogP contribution in [0, 0.1) is 0 Å². The molecule has 0 unspecified atom stereocenters. The molecule has 0 aromatic rings. The molecule has 130 valence electrons. The fraction of sp³-hybridized carbons (Fsp3) is 0.846. The largest absolute Gasteiger partial charge is 0.348 e. The molecule has 10 heteroatoms. The Bertz CT molecular complexity index is 506. The van der Waals surface area contributed by atoms with Crippen molar-refractivity contribution >= 4 is 35.1 Å². The minimum atomic E-state index is -0.683. The van der Waals surface area contributed by atoms with Gasteiger partial charge in [-0.25, -0.2) is 4.79 Å². The Kier molecular flexibility index (Phi) is 4.74. The Balaban J connectivity index is 0.000000485. The van der Waals surface area contributed by atoms with E-state index >= 15 is 0 Å². The normalized spacial score (nSPS) is 40.5. The number of halogens is 2. The van der Waals surface area contributed by atoms with Crippen LogP contribution in [0.4, 0.5) is 4.79 Å². The number of imide groups is 1. The topological polar surface area (TPSA) is 89.1 Å². The number of nitrogens with one attached hydrogen (secondary N) is 2. The highest BCUT2D eigenvalue weighted by molar-refractivity contribution is 6.40. The number of amides is 3. The van der Waals surface area contributed by atoms with E-state index in [-0.39, 0.29) is 42.1 Å². The number of rotatable bonds is 0. The maximum absolute atomic E-state index is 12.1. The summed E-state index contributed by atoms with van der Waals surface area (Å²) in [6, 6.07) is -0.446. The Morgan fingerprint density at radius 3 is 2.61 bits per heavy atom. The van der Waals surface area contributed by atoms with E-state index in [4.69, 9.17) is 37.4 Å². The zero-order valence-electron chi connectivity index (χ0n) is 12.8. The smallest absolute Gasteiger partial charge is 0.327 e. The summed E-state index contributed by atoms with van der Waals surface area (Å²) < 4.78 is 17.6. The summed E-state index contributed by atoms with van der Waals surface area (Å²) in [5.41, 5.74) is 0. The minimum Gasteiger partial charge on any atom is -0.348 e. The first-order chi connectivity index (χ1) is 10.9. The van der Waals surface area contributed by atoms with Crippen molar-refractivity contribution in [3.63, 3.8) is 0 Å². The summed E-state index contributed by atoms with van der Waals surface area (Å²) in [7, 11) is 0. The molecule has 4 aliphatic rings. The van der Waals surface area contributed by atoms with Gasteiger partial charge in [0.2, 0.25) is 5.91 Å². The number of alkyl halides is 2. The molecule has 4 saturated heterocycles. The predicted molar refractivity (Wildman–Crippen MR) is 80.8 cm³/mol. The summed E-state index contributed by atoms with van der Waals surface area (Å²) in [5.74, 6) is -0.959. The van der Waals surface area contributed by atoms with Crippen LogP contribution in [0.1, 0.15) is 20.3 Å². The molecule has 8 nitrogen and oxygen atoms in total. The van der Waals surface area contributed by atoms with Crippen LogP contribution in [0.15, 0.2) is 0 Å². The molecular weight excluding hydrogens is 349 g/mol. The van der Waals surface area contributed by atoms with Gasteiger partial charge in [0.25, 0.3) is 0 Å². The first kappa shape index (κ1) is 17.2. The molecule has 4 fully saturated rings. The molecule has 4 heterocycles. The molecule has 0 aliphatic carbocycles. The molecule has 2 N–H and O–H groups in total. The van der Waals surface area contributed by atoms with Crippen LogP contribution in [0.25, 0.3) is 0 Å². The number of hydrogen-bond acceptors (Lipinski definition) is 6. The van der Waals surface area contributed by atoms with Crippen LogP contribution in [-0.2, 0) is 19.0 Å². The van der Waals surface area contributed by atoms with E-state index in [0.29, 0.717) is 6.54 Å². The molecule has 3 amide bonds. The fourth-order valence-corrected chi connectivity index (χ4v) is 3.41. The molecule has 0 radical (unpaired) electrons. The lowest BCUT2D eigenvalue weighted by molar-refractivity contribution is -0.198.